The van der Waals surface area contributed by atoms with Crippen molar-refractivity contribution in [3.8, 4) is 0 Å². The Labute approximate surface area is 199 Å². The van der Waals surface area contributed by atoms with Crippen LogP contribution in [0.25, 0.3) is 16.6 Å². The molecule has 4 N–H and O–H groups in total. The van der Waals surface area contributed by atoms with Crippen molar-refractivity contribution in [2.75, 3.05) is 5.73 Å². The van der Waals surface area contributed by atoms with Gasteiger partial charge in [0.2, 0.25) is 0 Å². The monoisotopic (exact) mass is 473 g/mol. The van der Waals surface area contributed by atoms with Crippen molar-refractivity contribution in [1.82, 2.24) is 14.8 Å². The topological polar surface area (TPSA) is 82.8 Å². The number of aromatic nitrogens is 3. The quantitative estimate of drug-likeness (QED) is 0.419. The maximum Gasteiger partial charge on any atom is 0.433 e. The van der Waals surface area contributed by atoms with Crippen LogP contribution in [0.5, 0.6) is 0 Å². The highest BCUT2D eigenvalue weighted by molar-refractivity contribution is 5.90. The average molecular weight is 474 g/mol. The van der Waals surface area contributed by atoms with Crippen LogP contribution < -0.4 is 11.5 Å². The molecule has 0 bridgehead atoms. The summed E-state index contributed by atoms with van der Waals surface area (Å²) in [6.07, 6.45) is 10.1. The molecule has 0 amide bonds. The molecule has 1 aromatic carbocycles. The van der Waals surface area contributed by atoms with E-state index in [1.165, 1.54) is 63.9 Å². The summed E-state index contributed by atoms with van der Waals surface area (Å²) in [5.74, 6) is 0. The van der Waals surface area contributed by atoms with Gasteiger partial charge in [-0.25, -0.2) is 4.98 Å². The molecule has 2 fully saturated rings. The van der Waals surface area contributed by atoms with Crippen LogP contribution in [-0.4, -0.2) is 14.8 Å². The van der Waals surface area contributed by atoms with Crippen LogP contribution in [-0.2, 0) is 6.18 Å². The number of nitrogens with zero attached hydrogens (tertiary/aromatic N) is 3. The number of pyridine rings is 1. The van der Waals surface area contributed by atoms with E-state index in [0.717, 1.165) is 17.3 Å². The van der Waals surface area contributed by atoms with Crippen LogP contribution in [0.1, 0.15) is 80.8 Å². The van der Waals surface area contributed by atoms with Gasteiger partial charge in [0.15, 0.2) is 0 Å². The molecule has 8 heteroatoms. The highest BCUT2D eigenvalue weighted by atomic mass is 19.4. The van der Waals surface area contributed by atoms with Crippen molar-refractivity contribution in [1.29, 1.82) is 0 Å². The van der Waals surface area contributed by atoms with Gasteiger partial charge in [-0.3, -0.25) is 4.68 Å². The van der Waals surface area contributed by atoms with E-state index in [-0.39, 0.29) is 11.2 Å². The Bertz CT molecular complexity index is 1080. The van der Waals surface area contributed by atoms with E-state index in [2.05, 4.69) is 16.7 Å². The molecule has 0 aliphatic heterocycles. The van der Waals surface area contributed by atoms with Gasteiger partial charge in [-0.2, -0.15) is 18.3 Å². The van der Waals surface area contributed by atoms with Gasteiger partial charge in [-0.05, 0) is 50.5 Å². The number of hydrogen-bond acceptors (Lipinski definition) is 4. The first-order valence-corrected chi connectivity index (χ1v) is 11.9. The Hall–Kier alpha value is -3.03. The summed E-state index contributed by atoms with van der Waals surface area (Å²) in [7, 11) is 0. The smallest absolute Gasteiger partial charge is 0.398 e. The lowest BCUT2D eigenvalue weighted by Crippen LogP contribution is -2.20. The van der Waals surface area contributed by atoms with Crippen LogP contribution in [0, 0.1) is 6.92 Å². The maximum atomic E-state index is 12.5. The minimum Gasteiger partial charge on any atom is -0.398 e. The number of hydrogen-bond donors (Lipinski definition) is 2. The molecule has 2 aliphatic rings. The van der Waals surface area contributed by atoms with Gasteiger partial charge in [0.05, 0.1) is 17.3 Å². The van der Waals surface area contributed by atoms with Crippen molar-refractivity contribution >= 4 is 22.3 Å². The first-order valence-electron chi connectivity index (χ1n) is 11.9. The molecule has 34 heavy (non-hydrogen) atoms. The molecule has 0 atom stereocenters. The molecule has 0 spiro atoms. The van der Waals surface area contributed by atoms with E-state index in [4.69, 9.17) is 11.5 Å². The Morgan fingerprint density at radius 2 is 1.62 bits per heavy atom. The largest absolute Gasteiger partial charge is 0.433 e. The molecular weight excluding hydrogens is 439 g/mol. The number of fused-ring (bicyclic) bond motifs is 1. The molecule has 0 unspecified atom stereocenters. The number of nitrogen functional groups attached to an aromatic ring is 1. The second kappa shape index (κ2) is 11.4. The second-order valence-electron chi connectivity index (χ2n) is 9.01. The van der Waals surface area contributed by atoms with Crippen molar-refractivity contribution in [2.45, 2.75) is 76.9 Å². The van der Waals surface area contributed by atoms with E-state index in [1.807, 2.05) is 17.7 Å². The van der Waals surface area contributed by atoms with Gasteiger partial charge in [-0.1, -0.05) is 56.7 Å². The normalized spacial score (nSPS) is 16.0. The van der Waals surface area contributed by atoms with Gasteiger partial charge < -0.3 is 11.5 Å². The highest BCUT2D eigenvalue weighted by Crippen LogP contribution is 2.33. The summed E-state index contributed by atoms with van der Waals surface area (Å²) in [6, 6.07) is 8.31. The lowest BCUT2D eigenvalue weighted by molar-refractivity contribution is -0.140. The highest BCUT2D eigenvalue weighted by Gasteiger charge is 2.33. The van der Waals surface area contributed by atoms with Crippen LogP contribution in [0.2, 0.25) is 0 Å². The first-order chi connectivity index (χ1) is 16.2. The Morgan fingerprint density at radius 3 is 2.12 bits per heavy atom. The first kappa shape index (κ1) is 25.6. The fraction of sp³-hybridized carbons (Fsp3) is 0.462. The molecule has 5 nitrogen and oxygen atoms in total. The predicted molar refractivity (Wildman–Crippen MR) is 132 cm³/mol. The van der Waals surface area contributed by atoms with Gasteiger partial charge in [0.25, 0.3) is 0 Å². The maximum absolute atomic E-state index is 12.5. The molecule has 2 heterocycles. The molecule has 2 aliphatic carbocycles. The Morgan fingerprint density at radius 1 is 1.00 bits per heavy atom. The fourth-order valence-corrected chi connectivity index (χ4v) is 4.06. The molecule has 0 saturated heterocycles. The summed E-state index contributed by atoms with van der Waals surface area (Å²) < 4.78 is 39.4. The number of anilines is 1. The van der Waals surface area contributed by atoms with Crippen molar-refractivity contribution in [2.24, 2.45) is 5.73 Å². The van der Waals surface area contributed by atoms with Gasteiger partial charge in [0, 0.05) is 23.0 Å². The van der Waals surface area contributed by atoms with Crippen molar-refractivity contribution in [3.05, 3.63) is 60.1 Å². The van der Waals surface area contributed by atoms with Crippen molar-refractivity contribution < 1.29 is 13.2 Å². The lowest BCUT2D eigenvalue weighted by atomic mass is 9.93. The zero-order valence-corrected chi connectivity index (χ0v) is 19.7. The van der Waals surface area contributed by atoms with Crippen LogP contribution in [0.3, 0.4) is 0 Å². The molecule has 184 valence electrons. The third-order valence-electron chi connectivity index (χ3n) is 6.21. The van der Waals surface area contributed by atoms with Crippen LogP contribution in [0.15, 0.2) is 43.1 Å². The summed E-state index contributed by atoms with van der Waals surface area (Å²) in [5, 5.41) is 4.78. The number of alkyl halides is 3. The third kappa shape index (κ3) is 6.74. The molecule has 0 radical (unpaired) electrons. The van der Waals surface area contributed by atoms with Crippen molar-refractivity contribution in [3.63, 3.8) is 0 Å². The van der Waals surface area contributed by atoms with E-state index in [0.29, 0.717) is 17.1 Å². The van der Waals surface area contributed by atoms with E-state index in [1.54, 1.807) is 18.3 Å². The van der Waals surface area contributed by atoms with E-state index in [9.17, 15) is 13.2 Å². The number of benzene rings is 1. The van der Waals surface area contributed by atoms with Gasteiger partial charge in [0.1, 0.15) is 5.69 Å². The standard InChI is InChI=1S/C11H9F3N2.C9H13N3.C6H12/c1-6-2-3-9-7(4-6)8(15)5-10(16-9)11(12,13)14;1-7(10)9-5-6-11-12(9)8-3-2-4-8;1-2-4-6-5-3-1/h2-5H,1H3,(H2,15,16);5-6,8H,1-4,10H2;1-6H2. The second-order valence-corrected chi connectivity index (χ2v) is 9.01. The minimum atomic E-state index is -4.47. The zero-order chi connectivity index (χ0) is 24.7. The minimum absolute atomic E-state index is 0.0982. The molecule has 2 aromatic heterocycles. The average Bonchev–Trinajstić information content (AvgIpc) is 3.24. The predicted octanol–water partition coefficient (Wildman–Crippen LogP) is 7.02. The SMILES string of the molecule is C1CCCCC1.C=C(N)c1ccnn1C1CCC1.Cc1ccc2nc(C(F)(F)F)cc(N)c2c1. The number of nitrogens with two attached hydrogens (primary N) is 2. The summed E-state index contributed by atoms with van der Waals surface area (Å²) >= 11 is 0. The number of rotatable bonds is 2. The molecule has 3 aromatic rings. The third-order valence-corrected chi connectivity index (χ3v) is 6.21. The Kier molecular flexibility index (Phi) is 8.58. The molecule has 5 rings (SSSR count). The number of halogens is 3. The molecular formula is C26H34F3N5. The van der Waals surface area contributed by atoms with Gasteiger partial charge in [-0.15, -0.1) is 0 Å². The van der Waals surface area contributed by atoms with E-state index < -0.39 is 11.9 Å². The van der Waals surface area contributed by atoms with Crippen LogP contribution in [0.4, 0.5) is 18.9 Å². The Balaban J connectivity index is 0.000000157. The molecule has 2 saturated carbocycles. The van der Waals surface area contributed by atoms with E-state index >= 15 is 0 Å². The lowest BCUT2D eigenvalue weighted by Gasteiger charge is -2.27. The summed E-state index contributed by atoms with van der Waals surface area (Å²) in [6.45, 7) is 5.56. The summed E-state index contributed by atoms with van der Waals surface area (Å²) in [5.41, 5.74) is 13.1. The van der Waals surface area contributed by atoms with Crippen LogP contribution >= 0.6 is 0 Å². The number of aryl methyl sites for hydroxylation is 1. The van der Waals surface area contributed by atoms with Gasteiger partial charge >= 0.3 is 6.18 Å². The summed E-state index contributed by atoms with van der Waals surface area (Å²) in [4.78, 5) is 3.54. The zero-order valence-electron chi connectivity index (χ0n) is 19.7. The fourth-order valence-electron chi connectivity index (χ4n) is 4.06.